The Balaban J connectivity index is 1.76. The van der Waals surface area contributed by atoms with Gasteiger partial charge in [-0.3, -0.25) is 4.68 Å². The van der Waals surface area contributed by atoms with Crippen LogP contribution < -0.4 is 10.1 Å². The van der Waals surface area contributed by atoms with Crippen LogP contribution in [0.1, 0.15) is 12.5 Å². The smallest absolute Gasteiger partial charge is 0.119 e. The summed E-state index contributed by atoms with van der Waals surface area (Å²) in [6.45, 7) is 5.22. The van der Waals surface area contributed by atoms with Gasteiger partial charge in [0.05, 0.1) is 17.8 Å². The van der Waals surface area contributed by atoms with Crippen LogP contribution in [0.5, 0.6) is 5.75 Å². The number of nitrogens with zero attached hydrogens (tertiary/aromatic N) is 2. The molecule has 4 nitrogen and oxygen atoms in total. The van der Waals surface area contributed by atoms with E-state index in [1.807, 2.05) is 12.1 Å². The van der Waals surface area contributed by atoms with E-state index in [9.17, 15) is 0 Å². The molecule has 0 radical (unpaired) electrons. The molecule has 19 heavy (non-hydrogen) atoms. The number of hydrogen-bond donors (Lipinski definition) is 1. The minimum Gasteiger partial charge on any atom is -0.492 e. The molecular weight excluding hydrogens is 262 g/mol. The van der Waals surface area contributed by atoms with Gasteiger partial charge in [-0.2, -0.15) is 5.10 Å². The highest BCUT2D eigenvalue weighted by molar-refractivity contribution is 6.30. The number of hydrogen-bond acceptors (Lipinski definition) is 3. The highest BCUT2D eigenvalue weighted by Crippen LogP contribution is 2.12. The quantitative estimate of drug-likeness (QED) is 0.847. The van der Waals surface area contributed by atoms with Crippen LogP contribution in [0.15, 0.2) is 36.7 Å². The van der Waals surface area contributed by atoms with Gasteiger partial charge in [0.2, 0.25) is 0 Å². The molecule has 102 valence electrons. The van der Waals surface area contributed by atoms with E-state index in [2.05, 4.69) is 29.5 Å². The summed E-state index contributed by atoms with van der Waals surface area (Å²) in [4.78, 5) is 0. The average molecular weight is 280 g/mol. The molecular formula is C14H18ClN3O. The molecule has 0 aliphatic carbocycles. The van der Waals surface area contributed by atoms with Gasteiger partial charge in [-0.1, -0.05) is 30.7 Å². The summed E-state index contributed by atoms with van der Waals surface area (Å²) in [5, 5.41) is 8.02. The molecule has 0 atom stereocenters. The van der Waals surface area contributed by atoms with Crippen molar-refractivity contribution in [3.8, 4) is 5.75 Å². The molecule has 0 fully saturated rings. The first-order chi connectivity index (χ1) is 9.28. The van der Waals surface area contributed by atoms with Gasteiger partial charge < -0.3 is 10.1 Å². The summed E-state index contributed by atoms with van der Waals surface area (Å²) in [5.41, 5.74) is 1.26. The first kappa shape index (κ1) is 13.9. The van der Waals surface area contributed by atoms with Crippen LogP contribution >= 0.6 is 11.6 Å². The third-order valence-corrected chi connectivity index (χ3v) is 2.89. The molecule has 2 aromatic rings. The van der Waals surface area contributed by atoms with Gasteiger partial charge in [-0.25, -0.2) is 0 Å². The fraction of sp³-hybridized carbons (Fsp3) is 0.357. The zero-order valence-electron chi connectivity index (χ0n) is 11.0. The van der Waals surface area contributed by atoms with Crippen molar-refractivity contribution in [1.82, 2.24) is 15.1 Å². The van der Waals surface area contributed by atoms with E-state index in [4.69, 9.17) is 16.3 Å². The van der Waals surface area contributed by atoms with Crippen LogP contribution in [0, 0.1) is 0 Å². The standard InChI is InChI=1S/C14H18ClN3O/c1-2-16-9-12-3-5-14(6-4-12)19-8-7-18-11-13(15)10-17-18/h3-6,10-11,16H,2,7-9H2,1H3. The topological polar surface area (TPSA) is 39.1 Å². The largest absolute Gasteiger partial charge is 0.492 e. The van der Waals surface area contributed by atoms with E-state index in [0.29, 0.717) is 18.2 Å². The molecule has 0 saturated heterocycles. The van der Waals surface area contributed by atoms with Crippen molar-refractivity contribution in [1.29, 1.82) is 0 Å². The van der Waals surface area contributed by atoms with E-state index < -0.39 is 0 Å². The Morgan fingerprint density at radius 1 is 1.32 bits per heavy atom. The van der Waals surface area contributed by atoms with Crippen LogP contribution in [0.3, 0.4) is 0 Å². The minimum absolute atomic E-state index is 0.574. The van der Waals surface area contributed by atoms with Crippen molar-refractivity contribution in [3.05, 3.63) is 47.2 Å². The fourth-order valence-corrected chi connectivity index (χ4v) is 1.85. The van der Waals surface area contributed by atoms with Crippen molar-refractivity contribution in [2.45, 2.75) is 20.0 Å². The second-order valence-electron chi connectivity index (χ2n) is 4.19. The predicted molar refractivity (Wildman–Crippen MR) is 76.6 cm³/mol. The van der Waals surface area contributed by atoms with Gasteiger partial charge in [0, 0.05) is 12.7 Å². The molecule has 1 N–H and O–H groups in total. The molecule has 1 aromatic carbocycles. The summed E-state index contributed by atoms with van der Waals surface area (Å²) in [6.07, 6.45) is 3.40. The molecule has 1 heterocycles. The summed E-state index contributed by atoms with van der Waals surface area (Å²) in [7, 11) is 0. The lowest BCUT2D eigenvalue weighted by Crippen LogP contribution is -2.11. The maximum Gasteiger partial charge on any atom is 0.119 e. The van der Waals surface area contributed by atoms with Crippen LogP contribution in [0.25, 0.3) is 0 Å². The van der Waals surface area contributed by atoms with Crippen LogP contribution in [-0.2, 0) is 13.1 Å². The van der Waals surface area contributed by atoms with E-state index in [0.717, 1.165) is 18.8 Å². The number of halogens is 1. The normalized spacial score (nSPS) is 10.6. The third-order valence-electron chi connectivity index (χ3n) is 2.69. The zero-order chi connectivity index (χ0) is 13.5. The van der Waals surface area contributed by atoms with Crippen LogP contribution in [-0.4, -0.2) is 22.9 Å². The molecule has 0 aliphatic heterocycles. The number of ether oxygens (including phenoxy) is 1. The van der Waals surface area contributed by atoms with Crippen molar-refractivity contribution in [2.75, 3.05) is 13.2 Å². The molecule has 0 amide bonds. The SMILES string of the molecule is CCNCc1ccc(OCCn2cc(Cl)cn2)cc1. The molecule has 1 aromatic heterocycles. The van der Waals surface area contributed by atoms with Crippen molar-refractivity contribution in [2.24, 2.45) is 0 Å². The maximum absolute atomic E-state index is 5.79. The average Bonchev–Trinajstić information content (AvgIpc) is 2.84. The predicted octanol–water partition coefficient (Wildman–Crippen LogP) is 2.73. The Kier molecular flexibility index (Phi) is 5.24. The van der Waals surface area contributed by atoms with Crippen LogP contribution in [0.4, 0.5) is 0 Å². The van der Waals surface area contributed by atoms with E-state index in [-0.39, 0.29) is 0 Å². The van der Waals surface area contributed by atoms with Gasteiger partial charge in [-0.05, 0) is 24.2 Å². The zero-order valence-corrected chi connectivity index (χ0v) is 11.7. The summed E-state index contributed by atoms with van der Waals surface area (Å²) >= 11 is 5.79. The first-order valence-electron chi connectivity index (χ1n) is 6.38. The number of benzene rings is 1. The van der Waals surface area contributed by atoms with Crippen LogP contribution in [0.2, 0.25) is 5.02 Å². The second-order valence-corrected chi connectivity index (χ2v) is 4.63. The van der Waals surface area contributed by atoms with E-state index in [1.54, 1.807) is 17.1 Å². The maximum atomic E-state index is 5.79. The molecule has 0 aliphatic rings. The van der Waals surface area contributed by atoms with Gasteiger partial charge >= 0.3 is 0 Å². The Labute approximate surface area is 118 Å². The summed E-state index contributed by atoms with van der Waals surface area (Å²) in [5.74, 6) is 0.874. The second kappa shape index (κ2) is 7.16. The molecule has 0 saturated carbocycles. The van der Waals surface area contributed by atoms with Crippen molar-refractivity contribution in [3.63, 3.8) is 0 Å². The van der Waals surface area contributed by atoms with Crippen molar-refractivity contribution >= 4 is 11.6 Å². The Morgan fingerprint density at radius 3 is 2.74 bits per heavy atom. The van der Waals surface area contributed by atoms with E-state index >= 15 is 0 Å². The molecule has 0 spiro atoms. The lowest BCUT2D eigenvalue weighted by molar-refractivity contribution is 0.291. The van der Waals surface area contributed by atoms with Gasteiger partial charge in [0.15, 0.2) is 0 Å². The first-order valence-corrected chi connectivity index (χ1v) is 6.76. The number of rotatable bonds is 7. The Morgan fingerprint density at radius 2 is 2.11 bits per heavy atom. The summed E-state index contributed by atoms with van der Waals surface area (Å²) < 4.78 is 7.42. The van der Waals surface area contributed by atoms with Crippen molar-refractivity contribution < 1.29 is 4.74 Å². The highest BCUT2D eigenvalue weighted by atomic mass is 35.5. The lowest BCUT2D eigenvalue weighted by Gasteiger charge is -2.07. The molecule has 5 heteroatoms. The Bertz CT molecular complexity index is 496. The lowest BCUT2D eigenvalue weighted by atomic mass is 10.2. The number of aromatic nitrogens is 2. The molecule has 0 bridgehead atoms. The third kappa shape index (κ3) is 4.58. The summed E-state index contributed by atoms with van der Waals surface area (Å²) in [6, 6.07) is 8.12. The monoisotopic (exact) mass is 279 g/mol. The molecule has 2 rings (SSSR count). The fourth-order valence-electron chi connectivity index (χ4n) is 1.69. The van der Waals surface area contributed by atoms with Gasteiger partial charge in [0.1, 0.15) is 12.4 Å². The highest BCUT2D eigenvalue weighted by Gasteiger charge is 1.98. The van der Waals surface area contributed by atoms with Gasteiger partial charge in [0.25, 0.3) is 0 Å². The number of nitrogens with one attached hydrogen (secondary N) is 1. The molecule has 0 unspecified atom stereocenters. The minimum atomic E-state index is 0.574. The van der Waals surface area contributed by atoms with Gasteiger partial charge in [-0.15, -0.1) is 0 Å². The van der Waals surface area contributed by atoms with E-state index in [1.165, 1.54) is 5.56 Å². The Hall–Kier alpha value is -1.52.